The van der Waals surface area contributed by atoms with E-state index in [2.05, 4.69) is 17.0 Å². The molecule has 0 spiro atoms. The van der Waals surface area contributed by atoms with Gasteiger partial charge in [0, 0.05) is 17.3 Å². The second kappa shape index (κ2) is 10.8. The van der Waals surface area contributed by atoms with Gasteiger partial charge in [0.05, 0.1) is 14.2 Å². The van der Waals surface area contributed by atoms with E-state index < -0.39 is 0 Å². The topological polar surface area (TPSA) is 77.0 Å². The van der Waals surface area contributed by atoms with E-state index in [1.165, 1.54) is 0 Å². The molecule has 1 aromatic heterocycles. The second-order valence-electron chi connectivity index (χ2n) is 7.38. The number of ether oxygens (including phenoxy) is 3. The molecule has 0 aliphatic rings. The molecule has 0 bridgehead atoms. The molecule has 0 atom stereocenters. The van der Waals surface area contributed by atoms with Crippen molar-refractivity contribution in [1.82, 2.24) is 0 Å². The predicted molar refractivity (Wildman–Crippen MR) is 135 cm³/mol. The summed E-state index contributed by atoms with van der Waals surface area (Å²) < 4.78 is 22.2. The van der Waals surface area contributed by atoms with Crippen molar-refractivity contribution >= 4 is 12.1 Å². The summed E-state index contributed by atoms with van der Waals surface area (Å²) in [7, 11) is 3.22. The number of terminal acetylenes is 1. The molecule has 172 valence electrons. The van der Waals surface area contributed by atoms with Crippen molar-refractivity contribution < 1.29 is 18.6 Å². The van der Waals surface area contributed by atoms with Crippen LogP contribution in [-0.2, 0) is 0 Å². The first-order valence-corrected chi connectivity index (χ1v) is 10.7. The number of furan rings is 1. The van der Waals surface area contributed by atoms with Gasteiger partial charge in [-0.15, -0.1) is 6.42 Å². The van der Waals surface area contributed by atoms with Gasteiger partial charge >= 0.3 is 0 Å². The van der Waals surface area contributed by atoms with Crippen molar-refractivity contribution in [3.63, 3.8) is 0 Å². The summed E-state index contributed by atoms with van der Waals surface area (Å²) >= 11 is 0. The first kappa shape index (κ1) is 23.2. The highest BCUT2D eigenvalue weighted by Crippen LogP contribution is 2.43. The molecule has 0 radical (unpaired) electrons. The van der Waals surface area contributed by atoms with Crippen molar-refractivity contribution in [3.05, 3.63) is 83.9 Å². The highest BCUT2D eigenvalue weighted by atomic mass is 16.5. The molecule has 35 heavy (non-hydrogen) atoms. The minimum Gasteiger partial charge on any atom is -0.497 e. The largest absolute Gasteiger partial charge is 0.497 e. The van der Waals surface area contributed by atoms with Gasteiger partial charge in [-0.3, -0.25) is 0 Å². The summed E-state index contributed by atoms with van der Waals surface area (Å²) in [5.74, 6) is 5.25. The van der Waals surface area contributed by atoms with Crippen molar-refractivity contribution in [2.24, 2.45) is 4.99 Å². The standard InChI is InChI=1S/C29H22N2O4/c1-4-16-34-25-7-5-6-20(17-25)19-31-29-26(18-30)27(21-8-12-23(32-2)13-9-21)28(35-29)22-10-14-24(33-3)15-11-22/h1,5-15,17,19H,16H2,2-3H3/b31-19+. The van der Waals surface area contributed by atoms with Gasteiger partial charge in [-0.25, -0.2) is 4.99 Å². The molecule has 6 nitrogen and oxygen atoms in total. The number of benzene rings is 3. The SMILES string of the molecule is C#CCOc1cccc(/C=N/c2oc(-c3ccc(OC)cc3)c(-c3ccc(OC)cc3)c2C#N)c1. The Balaban J connectivity index is 1.80. The number of rotatable bonds is 8. The van der Waals surface area contributed by atoms with Crippen LogP contribution in [0.2, 0.25) is 0 Å². The molecule has 0 N–H and O–H groups in total. The highest BCUT2D eigenvalue weighted by molar-refractivity contribution is 5.90. The van der Waals surface area contributed by atoms with Crippen molar-refractivity contribution in [2.45, 2.75) is 0 Å². The summed E-state index contributed by atoms with van der Waals surface area (Å²) in [5.41, 5.74) is 3.36. The minimum absolute atomic E-state index is 0.174. The maximum absolute atomic E-state index is 10.1. The monoisotopic (exact) mass is 462 g/mol. The van der Waals surface area contributed by atoms with E-state index in [4.69, 9.17) is 25.1 Å². The first-order chi connectivity index (χ1) is 17.2. The van der Waals surface area contributed by atoms with Crippen LogP contribution in [0.4, 0.5) is 5.88 Å². The maximum atomic E-state index is 10.1. The van der Waals surface area contributed by atoms with Crippen LogP contribution in [-0.4, -0.2) is 27.0 Å². The van der Waals surface area contributed by atoms with Crippen LogP contribution < -0.4 is 14.2 Å². The fourth-order valence-electron chi connectivity index (χ4n) is 3.54. The third kappa shape index (κ3) is 5.19. The molecule has 1 heterocycles. The molecule has 6 heteroatoms. The summed E-state index contributed by atoms with van der Waals surface area (Å²) in [4.78, 5) is 4.51. The van der Waals surface area contributed by atoms with Gasteiger partial charge in [0.15, 0.2) is 0 Å². The normalized spacial score (nSPS) is 10.5. The molecule has 0 fully saturated rings. The van der Waals surface area contributed by atoms with Crippen LogP contribution in [0.1, 0.15) is 11.1 Å². The molecule has 0 saturated heterocycles. The molecular formula is C29H22N2O4. The van der Waals surface area contributed by atoms with E-state index >= 15 is 0 Å². The van der Waals surface area contributed by atoms with Crippen LogP contribution in [0, 0.1) is 23.7 Å². The number of aliphatic imine (C=N–C) groups is 1. The Hall–Kier alpha value is -4.94. The summed E-state index contributed by atoms with van der Waals surface area (Å²) in [5, 5.41) is 10.1. The fourth-order valence-corrected chi connectivity index (χ4v) is 3.54. The third-order valence-electron chi connectivity index (χ3n) is 5.24. The molecular weight excluding hydrogens is 440 g/mol. The Labute approximate surface area is 204 Å². The van der Waals surface area contributed by atoms with Gasteiger partial charge in [0.25, 0.3) is 0 Å². The molecule has 4 aromatic rings. The summed E-state index contributed by atoms with van der Waals surface area (Å²) in [6.45, 7) is 0.174. The van der Waals surface area contributed by atoms with E-state index in [-0.39, 0.29) is 12.5 Å². The maximum Gasteiger partial charge on any atom is 0.238 e. The van der Waals surface area contributed by atoms with Gasteiger partial charge in [0.1, 0.15) is 41.2 Å². The summed E-state index contributed by atoms with van der Waals surface area (Å²) in [6.07, 6.45) is 6.89. The zero-order valence-electron chi connectivity index (χ0n) is 19.3. The predicted octanol–water partition coefficient (Wildman–Crippen LogP) is 6.27. The summed E-state index contributed by atoms with van der Waals surface area (Å²) in [6, 6.07) is 24.5. The van der Waals surface area contributed by atoms with Gasteiger partial charge in [-0.2, -0.15) is 5.26 Å². The number of hydrogen-bond acceptors (Lipinski definition) is 6. The van der Waals surface area contributed by atoms with E-state index in [0.29, 0.717) is 28.4 Å². The Morgan fingerprint density at radius 2 is 1.57 bits per heavy atom. The average Bonchev–Trinajstić information content (AvgIpc) is 3.29. The lowest BCUT2D eigenvalue weighted by atomic mass is 9.98. The molecule has 0 aliphatic carbocycles. The first-order valence-electron chi connectivity index (χ1n) is 10.7. The Bertz CT molecular complexity index is 1420. The lowest BCUT2D eigenvalue weighted by molar-refractivity contribution is 0.370. The van der Waals surface area contributed by atoms with E-state index in [0.717, 1.165) is 22.4 Å². The molecule has 0 amide bonds. The van der Waals surface area contributed by atoms with Gasteiger partial charge in [-0.05, 0) is 59.7 Å². The molecule has 0 unspecified atom stereocenters. The third-order valence-corrected chi connectivity index (χ3v) is 5.24. The number of nitrogens with zero attached hydrogens (tertiary/aromatic N) is 2. The Kier molecular flexibility index (Phi) is 7.16. The van der Waals surface area contributed by atoms with E-state index in [1.807, 2.05) is 72.8 Å². The quantitative estimate of drug-likeness (QED) is 0.228. The van der Waals surface area contributed by atoms with Crippen molar-refractivity contribution in [1.29, 1.82) is 5.26 Å². The number of methoxy groups -OCH3 is 2. The number of nitriles is 1. The molecule has 3 aromatic carbocycles. The van der Waals surface area contributed by atoms with Crippen LogP contribution >= 0.6 is 0 Å². The fraction of sp³-hybridized carbons (Fsp3) is 0.103. The van der Waals surface area contributed by atoms with Gasteiger partial charge < -0.3 is 18.6 Å². The van der Waals surface area contributed by atoms with Gasteiger partial charge in [0.2, 0.25) is 5.88 Å². The van der Waals surface area contributed by atoms with E-state index in [9.17, 15) is 5.26 Å². The van der Waals surface area contributed by atoms with Crippen molar-refractivity contribution in [2.75, 3.05) is 20.8 Å². The smallest absolute Gasteiger partial charge is 0.238 e. The minimum atomic E-state index is 0.174. The Morgan fingerprint density at radius 1 is 0.914 bits per heavy atom. The van der Waals surface area contributed by atoms with Crippen molar-refractivity contribution in [3.8, 4) is 58.1 Å². The number of hydrogen-bond donors (Lipinski definition) is 0. The molecule has 0 saturated carbocycles. The lowest BCUT2D eigenvalue weighted by Crippen LogP contribution is -1.93. The van der Waals surface area contributed by atoms with Crippen LogP contribution in [0.3, 0.4) is 0 Å². The van der Waals surface area contributed by atoms with Crippen LogP contribution in [0.25, 0.3) is 22.5 Å². The Morgan fingerprint density at radius 3 is 2.17 bits per heavy atom. The second-order valence-corrected chi connectivity index (χ2v) is 7.38. The van der Waals surface area contributed by atoms with Crippen LogP contribution in [0.5, 0.6) is 17.2 Å². The van der Waals surface area contributed by atoms with Crippen LogP contribution in [0.15, 0.2) is 82.2 Å². The molecule has 4 rings (SSSR count). The average molecular weight is 463 g/mol. The van der Waals surface area contributed by atoms with Gasteiger partial charge in [-0.1, -0.05) is 30.2 Å². The molecule has 0 aliphatic heterocycles. The zero-order valence-corrected chi connectivity index (χ0v) is 19.3. The van der Waals surface area contributed by atoms with E-state index in [1.54, 1.807) is 20.4 Å². The highest BCUT2D eigenvalue weighted by Gasteiger charge is 2.23. The lowest BCUT2D eigenvalue weighted by Gasteiger charge is -2.06. The zero-order chi connectivity index (χ0) is 24.6.